The first-order valence-corrected chi connectivity index (χ1v) is 9.43. The Labute approximate surface area is 157 Å². The van der Waals surface area contributed by atoms with Gasteiger partial charge in [-0.1, -0.05) is 12.1 Å². The van der Waals surface area contributed by atoms with Crippen LogP contribution in [0.5, 0.6) is 5.75 Å². The second-order valence-corrected chi connectivity index (χ2v) is 6.66. The molecule has 26 heavy (non-hydrogen) atoms. The number of benzene rings is 1. The van der Waals surface area contributed by atoms with Crippen LogP contribution in [0.1, 0.15) is 24.8 Å². The molecule has 0 amide bonds. The van der Waals surface area contributed by atoms with E-state index in [2.05, 4.69) is 34.4 Å². The number of aliphatic imine (C=N–C) groups is 1. The van der Waals surface area contributed by atoms with Crippen LogP contribution in [0.15, 0.2) is 29.3 Å². The molecule has 0 radical (unpaired) electrons. The summed E-state index contributed by atoms with van der Waals surface area (Å²) < 4.78 is 16.1. The number of rotatable bonds is 9. The Morgan fingerprint density at radius 2 is 2.12 bits per heavy atom. The first-order valence-electron chi connectivity index (χ1n) is 9.43. The summed E-state index contributed by atoms with van der Waals surface area (Å²) in [4.78, 5) is 6.61. The van der Waals surface area contributed by atoms with Crippen LogP contribution in [0.25, 0.3) is 0 Å². The van der Waals surface area contributed by atoms with E-state index in [-0.39, 0.29) is 0 Å². The molecule has 1 N–H and O–H groups in total. The minimum absolute atomic E-state index is 0.560. The molecule has 1 aromatic rings. The molecule has 1 heterocycles. The molecule has 1 aromatic carbocycles. The van der Waals surface area contributed by atoms with Gasteiger partial charge < -0.3 is 24.4 Å². The zero-order valence-corrected chi connectivity index (χ0v) is 16.4. The summed E-state index contributed by atoms with van der Waals surface area (Å²) in [7, 11) is 5.60. The van der Waals surface area contributed by atoms with Gasteiger partial charge in [0.25, 0.3) is 0 Å². The van der Waals surface area contributed by atoms with E-state index in [0.717, 1.165) is 43.9 Å². The van der Waals surface area contributed by atoms with Crippen LogP contribution in [0.4, 0.5) is 0 Å². The summed E-state index contributed by atoms with van der Waals surface area (Å²) in [6, 6.07) is 8.12. The molecular weight excluding hydrogens is 330 g/mol. The van der Waals surface area contributed by atoms with E-state index in [0.29, 0.717) is 13.2 Å². The van der Waals surface area contributed by atoms with Gasteiger partial charge in [-0.05, 0) is 42.9 Å². The lowest BCUT2D eigenvalue weighted by atomic mass is 9.96. The van der Waals surface area contributed by atoms with Crippen LogP contribution in [0, 0.1) is 5.92 Å². The number of nitrogens with one attached hydrogen (secondary N) is 1. The van der Waals surface area contributed by atoms with Crippen molar-refractivity contribution in [2.45, 2.75) is 25.8 Å². The topological polar surface area (TPSA) is 55.3 Å². The summed E-state index contributed by atoms with van der Waals surface area (Å²) >= 11 is 0. The number of ether oxygens (including phenoxy) is 3. The lowest BCUT2D eigenvalue weighted by Crippen LogP contribution is -2.39. The molecule has 0 spiro atoms. The van der Waals surface area contributed by atoms with Crippen LogP contribution < -0.4 is 10.1 Å². The van der Waals surface area contributed by atoms with E-state index >= 15 is 0 Å². The molecule has 0 saturated carbocycles. The smallest absolute Gasteiger partial charge is 0.193 e. The maximum absolute atomic E-state index is 5.67. The van der Waals surface area contributed by atoms with Crippen molar-refractivity contribution in [2.24, 2.45) is 10.9 Å². The highest BCUT2D eigenvalue weighted by Crippen LogP contribution is 2.18. The van der Waals surface area contributed by atoms with Crippen molar-refractivity contribution >= 4 is 5.96 Å². The monoisotopic (exact) mass is 363 g/mol. The van der Waals surface area contributed by atoms with Gasteiger partial charge in [0.2, 0.25) is 0 Å². The quantitative estimate of drug-likeness (QED) is 0.415. The number of hydrogen-bond donors (Lipinski definition) is 1. The minimum Gasteiger partial charge on any atom is -0.491 e. The standard InChI is InChI=1S/C20H33N3O3/c1-21-20(23(2)10-7-17-8-11-25-12-9-17)22-16-18-5-4-6-19(15-18)26-14-13-24-3/h4-6,15,17H,7-14,16H2,1-3H3,(H,21,22). The van der Waals surface area contributed by atoms with Gasteiger partial charge in [-0.15, -0.1) is 0 Å². The summed E-state index contributed by atoms with van der Waals surface area (Å²) in [6.07, 6.45) is 3.54. The Balaban J connectivity index is 1.77. The summed E-state index contributed by atoms with van der Waals surface area (Å²) in [5.74, 6) is 2.55. The van der Waals surface area contributed by atoms with Crippen molar-refractivity contribution < 1.29 is 14.2 Å². The lowest BCUT2D eigenvalue weighted by Gasteiger charge is -2.26. The number of nitrogens with zero attached hydrogens (tertiary/aromatic N) is 2. The predicted octanol–water partition coefficient (Wildman–Crippen LogP) is 2.54. The fourth-order valence-corrected chi connectivity index (χ4v) is 3.07. The third-order valence-corrected chi connectivity index (χ3v) is 4.69. The van der Waals surface area contributed by atoms with Crippen molar-refractivity contribution in [1.82, 2.24) is 10.2 Å². The second-order valence-electron chi connectivity index (χ2n) is 6.66. The van der Waals surface area contributed by atoms with E-state index < -0.39 is 0 Å². The maximum atomic E-state index is 5.67. The molecule has 2 rings (SSSR count). The molecule has 6 heteroatoms. The highest BCUT2D eigenvalue weighted by atomic mass is 16.5. The normalized spacial score (nSPS) is 15.7. The summed E-state index contributed by atoms with van der Waals surface area (Å²) in [6.45, 7) is 4.69. The molecule has 0 aromatic heterocycles. The van der Waals surface area contributed by atoms with Gasteiger partial charge in [0.15, 0.2) is 5.96 Å². The highest BCUT2D eigenvalue weighted by Gasteiger charge is 2.15. The Morgan fingerprint density at radius 1 is 1.31 bits per heavy atom. The minimum atomic E-state index is 0.560. The molecule has 1 aliphatic heterocycles. The van der Waals surface area contributed by atoms with Crippen LogP contribution in [-0.2, 0) is 16.0 Å². The molecule has 0 unspecified atom stereocenters. The molecule has 1 saturated heterocycles. The van der Waals surface area contributed by atoms with Crippen LogP contribution in [-0.4, -0.2) is 65.0 Å². The predicted molar refractivity (Wildman–Crippen MR) is 105 cm³/mol. The van der Waals surface area contributed by atoms with E-state index in [1.165, 1.54) is 24.8 Å². The van der Waals surface area contributed by atoms with E-state index in [1.807, 2.05) is 19.2 Å². The van der Waals surface area contributed by atoms with Crippen molar-refractivity contribution in [3.8, 4) is 5.75 Å². The highest BCUT2D eigenvalue weighted by molar-refractivity contribution is 5.79. The van der Waals surface area contributed by atoms with Gasteiger partial charge in [0, 0.05) is 47.5 Å². The van der Waals surface area contributed by atoms with Crippen LogP contribution >= 0.6 is 0 Å². The zero-order chi connectivity index (χ0) is 18.6. The maximum Gasteiger partial charge on any atom is 0.193 e. The largest absolute Gasteiger partial charge is 0.491 e. The first-order chi connectivity index (χ1) is 12.7. The van der Waals surface area contributed by atoms with Gasteiger partial charge in [-0.25, -0.2) is 0 Å². The average molecular weight is 364 g/mol. The Morgan fingerprint density at radius 3 is 2.85 bits per heavy atom. The Bertz CT molecular complexity index is 545. The average Bonchev–Trinajstić information content (AvgIpc) is 2.68. The Hall–Kier alpha value is -1.79. The van der Waals surface area contributed by atoms with Crippen molar-refractivity contribution in [3.05, 3.63) is 29.8 Å². The van der Waals surface area contributed by atoms with Gasteiger partial charge in [0.05, 0.1) is 6.61 Å². The number of guanidine groups is 1. The lowest BCUT2D eigenvalue weighted by molar-refractivity contribution is 0.0625. The number of hydrogen-bond acceptors (Lipinski definition) is 4. The molecule has 0 aliphatic carbocycles. The van der Waals surface area contributed by atoms with E-state index in [9.17, 15) is 0 Å². The van der Waals surface area contributed by atoms with E-state index in [4.69, 9.17) is 14.2 Å². The van der Waals surface area contributed by atoms with Gasteiger partial charge in [0.1, 0.15) is 12.4 Å². The van der Waals surface area contributed by atoms with Crippen LogP contribution in [0.3, 0.4) is 0 Å². The third-order valence-electron chi connectivity index (χ3n) is 4.69. The van der Waals surface area contributed by atoms with Crippen molar-refractivity contribution in [2.75, 3.05) is 54.2 Å². The van der Waals surface area contributed by atoms with Gasteiger partial charge in [-0.3, -0.25) is 4.99 Å². The third kappa shape index (κ3) is 7.22. The van der Waals surface area contributed by atoms with Crippen LogP contribution in [0.2, 0.25) is 0 Å². The molecule has 0 bridgehead atoms. The fraction of sp³-hybridized carbons (Fsp3) is 0.650. The zero-order valence-electron chi connectivity index (χ0n) is 16.4. The van der Waals surface area contributed by atoms with Crippen molar-refractivity contribution in [3.63, 3.8) is 0 Å². The SMILES string of the molecule is CN=C(NCc1cccc(OCCOC)c1)N(C)CCC1CCOCC1. The summed E-state index contributed by atoms with van der Waals surface area (Å²) in [5, 5.41) is 3.44. The van der Waals surface area contributed by atoms with E-state index in [1.54, 1.807) is 7.11 Å². The molecule has 0 atom stereocenters. The second kappa shape index (κ2) is 11.8. The molecule has 146 valence electrons. The molecular formula is C20H33N3O3. The van der Waals surface area contributed by atoms with Crippen molar-refractivity contribution in [1.29, 1.82) is 0 Å². The van der Waals surface area contributed by atoms with Gasteiger partial charge in [-0.2, -0.15) is 0 Å². The first kappa shape index (κ1) is 20.5. The Kier molecular flexibility index (Phi) is 9.28. The van der Waals surface area contributed by atoms with Gasteiger partial charge >= 0.3 is 0 Å². The number of methoxy groups -OCH3 is 1. The molecule has 1 fully saturated rings. The molecule has 6 nitrogen and oxygen atoms in total. The summed E-state index contributed by atoms with van der Waals surface area (Å²) in [5.41, 5.74) is 1.17. The fourth-order valence-electron chi connectivity index (χ4n) is 3.07. The molecule has 1 aliphatic rings.